The standard InChI is InChI=1S/C21H30N4O2/c1-4-25-21(27)18-12-8-7-11-17(18)19(22-25)15-20(26)24(14-13-23(2)3)16-9-5-6-10-16/h7-8,11-12,16H,4-6,9-10,13-15H2,1-3H3. The second-order valence-electron chi connectivity index (χ2n) is 7.62. The largest absolute Gasteiger partial charge is 0.338 e. The van der Waals surface area contributed by atoms with Crippen molar-refractivity contribution in [2.24, 2.45) is 0 Å². The van der Waals surface area contributed by atoms with Gasteiger partial charge in [0.2, 0.25) is 5.91 Å². The Kier molecular flexibility index (Phi) is 6.26. The van der Waals surface area contributed by atoms with Gasteiger partial charge in [0.15, 0.2) is 0 Å². The maximum Gasteiger partial charge on any atom is 0.274 e. The van der Waals surface area contributed by atoms with E-state index in [0.29, 0.717) is 23.7 Å². The molecule has 0 aliphatic heterocycles. The van der Waals surface area contributed by atoms with E-state index < -0.39 is 0 Å². The molecule has 1 heterocycles. The first-order valence-electron chi connectivity index (χ1n) is 9.94. The molecule has 0 saturated heterocycles. The van der Waals surface area contributed by atoms with Crippen molar-refractivity contribution in [3.05, 3.63) is 40.3 Å². The number of rotatable bonds is 7. The van der Waals surface area contributed by atoms with Crippen LogP contribution in [0.2, 0.25) is 0 Å². The Bertz CT molecular complexity index is 853. The van der Waals surface area contributed by atoms with Crippen LogP contribution >= 0.6 is 0 Å². The van der Waals surface area contributed by atoms with Crippen LogP contribution in [0, 0.1) is 0 Å². The first-order chi connectivity index (χ1) is 13.0. The predicted molar refractivity (Wildman–Crippen MR) is 108 cm³/mol. The number of fused-ring (bicyclic) bond motifs is 1. The lowest BCUT2D eigenvalue weighted by Gasteiger charge is -2.30. The van der Waals surface area contributed by atoms with E-state index in [0.717, 1.165) is 31.3 Å². The summed E-state index contributed by atoms with van der Waals surface area (Å²) in [6, 6.07) is 7.80. The highest BCUT2D eigenvalue weighted by Gasteiger charge is 2.27. The van der Waals surface area contributed by atoms with Crippen molar-refractivity contribution in [2.75, 3.05) is 27.2 Å². The van der Waals surface area contributed by atoms with Crippen LogP contribution in [0.1, 0.15) is 38.3 Å². The van der Waals surface area contributed by atoms with Gasteiger partial charge in [0.1, 0.15) is 0 Å². The summed E-state index contributed by atoms with van der Waals surface area (Å²) < 4.78 is 1.46. The maximum absolute atomic E-state index is 13.2. The second-order valence-corrected chi connectivity index (χ2v) is 7.62. The normalized spacial score (nSPS) is 15.0. The molecule has 2 aromatic rings. The average molecular weight is 370 g/mol. The molecule has 3 rings (SSSR count). The molecule has 1 aliphatic carbocycles. The highest BCUT2D eigenvalue weighted by atomic mass is 16.2. The van der Waals surface area contributed by atoms with E-state index in [1.54, 1.807) is 0 Å². The van der Waals surface area contributed by atoms with Gasteiger partial charge in [0.05, 0.1) is 17.5 Å². The van der Waals surface area contributed by atoms with Gasteiger partial charge in [-0.15, -0.1) is 0 Å². The van der Waals surface area contributed by atoms with Gasteiger partial charge < -0.3 is 9.80 Å². The van der Waals surface area contributed by atoms with Gasteiger partial charge in [-0.2, -0.15) is 5.10 Å². The number of aryl methyl sites for hydroxylation is 1. The third kappa shape index (κ3) is 4.38. The van der Waals surface area contributed by atoms with Crippen molar-refractivity contribution in [1.82, 2.24) is 19.6 Å². The fraction of sp³-hybridized carbons (Fsp3) is 0.571. The van der Waals surface area contributed by atoms with Crippen LogP contribution in [0.15, 0.2) is 29.1 Å². The van der Waals surface area contributed by atoms with Crippen LogP contribution in [-0.2, 0) is 17.8 Å². The van der Waals surface area contributed by atoms with Crippen LogP contribution in [0.3, 0.4) is 0 Å². The highest BCUT2D eigenvalue weighted by Crippen LogP contribution is 2.24. The number of likely N-dealkylation sites (N-methyl/N-ethyl adjacent to an activating group) is 1. The third-order valence-corrected chi connectivity index (χ3v) is 5.44. The van der Waals surface area contributed by atoms with Crippen molar-refractivity contribution >= 4 is 16.7 Å². The van der Waals surface area contributed by atoms with E-state index in [-0.39, 0.29) is 17.9 Å². The Balaban J connectivity index is 1.91. The van der Waals surface area contributed by atoms with Gasteiger partial charge in [-0.3, -0.25) is 9.59 Å². The molecule has 0 atom stereocenters. The van der Waals surface area contributed by atoms with Crippen LogP contribution in [0.4, 0.5) is 0 Å². The molecule has 1 fully saturated rings. The molecule has 6 nitrogen and oxygen atoms in total. The van der Waals surface area contributed by atoms with Crippen LogP contribution in [-0.4, -0.2) is 58.7 Å². The molecule has 27 heavy (non-hydrogen) atoms. The Morgan fingerprint density at radius 2 is 1.81 bits per heavy atom. The summed E-state index contributed by atoms with van der Waals surface area (Å²) in [5.74, 6) is 0.114. The molecule has 1 saturated carbocycles. The molecule has 146 valence electrons. The average Bonchev–Trinajstić information content (AvgIpc) is 3.18. The number of nitrogens with zero attached hydrogens (tertiary/aromatic N) is 4. The molecule has 0 radical (unpaired) electrons. The Morgan fingerprint density at radius 1 is 1.15 bits per heavy atom. The molecule has 0 spiro atoms. The lowest BCUT2D eigenvalue weighted by atomic mass is 10.1. The van der Waals surface area contributed by atoms with E-state index in [1.807, 2.05) is 50.2 Å². The van der Waals surface area contributed by atoms with Gasteiger partial charge in [-0.1, -0.05) is 31.0 Å². The van der Waals surface area contributed by atoms with Crippen molar-refractivity contribution in [3.8, 4) is 0 Å². The number of hydrogen-bond donors (Lipinski definition) is 0. The van der Waals surface area contributed by atoms with Crippen molar-refractivity contribution < 1.29 is 4.79 Å². The SMILES string of the molecule is CCn1nc(CC(=O)N(CCN(C)C)C2CCCC2)c2ccccc2c1=O. The number of amides is 1. The number of carbonyl (C=O) groups is 1. The molecule has 1 amide bonds. The van der Waals surface area contributed by atoms with E-state index in [2.05, 4.69) is 10.00 Å². The summed E-state index contributed by atoms with van der Waals surface area (Å²) in [6.07, 6.45) is 4.80. The summed E-state index contributed by atoms with van der Waals surface area (Å²) in [6.45, 7) is 3.99. The lowest BCUT2D eigenvalue weighted by Crippen LogP contribution is -2.43. The van der Waals surface area contributed by atoms with Gasteiger partial charge in [0.25, 0.3) is 5.56 Å². The summed E-state index contributed by atoms with van der Waals surface area (Å²) >= 11 is 0. The molecule has 0 unspecified atom stereocenters. The smallest absolute Gasteiger partial charge is 0.274 e. The molecule has 0 bridgehead atoms. The predicted octanol–water partition coefficient (Wildman–Crippen LogP) is 2.29. The molecular weight excluding hydrogens is 340 g/mol. The minimum Gasteiger partial charge on any atom is -0.338 e. The molecule has 1 aromatic carbocycles. The second kappa shape index (κ2) is 8.65. The summed E-state index contributed by atoms with van der Waals surface area (Å²) in [5, 5.41) is 5.94. The molecule has 0 N–H and O–H groups in total. The van der Waals surface area contributed by atoms with E-state index in [4.69, 9.17) is 0 Å². The summed E-state index contributed by atoms with van der Waals surface area (Å²) in [7, 11) is 4.06. The number of benzene rings is 1. The first-order valence-corrected chi connectivity index (χ1v) is 9.94. The van der Waals surface area contributed by atoms with E-state index >= 15 is 0 Å². The first kappa shape index (κ1) is 19.5. The topological polar surface area (TPSA) is 58.4 Å². The van der Waals surface area contributed by atoms with Crippen LogP contribution < -0.4 is 5.56 Å². The Labute approximate surface area is 160 Å². The molecular formula is C21H30N4O2. The zero-order chi connectivity index (χ0) is 19.4. The molecule has 1 aromatic heterocycles. The number of aromatic nitrogens is 2. The quantitative estimate of drug-likeness (QED) is 0.750. The number of carbonyl (C=O) groups excluding carboxylic acids is 1. The van der Waals surface area contributed by atoms with Crippen molar-refractivity contribution in [2.45, 2.75) is 51.6 Å². The maximum atomic E-state index is 13.2. The van der Waals surface area contributed by atoms with Crippen LogP contribution in [0.5, 0.6) is 0 Å². The van der Waals surface area contributed by atoms with E-state index in [9.17, 15) is 9.59 Å². The van der Waals surface area contributed by atoms with Crippen molar-refractivity contribution in [3.63, 3.8) is 0 Å². The van der Waals surface area contributed by atoms with Crippen LogP contribution in [0.25, 0.3) is 10.8 Å². The van der Waals surface area contributed by atoms with Gasteiger partial charge >= 0.3 is 0 Å². The monoisotopic (exact) mass is 370 g/mol. The van der Waals surface area contributed by atoms with E-state index in [1.165, 1.54) is 17.5 Å². The Morgan fingerprint density at radius 3 is 2.44 bits per heavy atom. The zero-order valence-corrected chi connectivity index (χ0v) is 16.6. The third-order valence-electron chi connectivity index (χ3n) is 5.44. The fourth-order valence-corrected chi connectivity index (χ4v) is 3.93. The van der Waals surface area contributed by atoms with Gasteiger partial charge in [0, 0.05) is 31.1 Å². The number of hydrogen-bond acceptors (Lipinski definition) is 4. The minimum absolute atomic E-state index is 0.0930. The summed E-state index contributed by atoms with van der Waals surface area (Å²) in [4.78, 5) is 29.9. The van der Waals surface area contributed by atoms with Gasteiger partial charge in [-0.25, -0.2) is 4.68 Å². The molecule has 1 aliphatic rings. The zero-order valence-electron chi connectivity index (χ0n) is 16.6. The highest BCUT2D eigenvalue weighted by molar-refractivity contribution is 5.88. The lowest BCUT2D eigenvalue weighted by molar-refractivity contribution is -0.132. The van der Waals surface area contributed by atoms with Gasteiger partial charge in [-0.05, 0) is 39.9 Å². The Hall–Kier alpha value is -2.21. The van der Waals surface area contributed by atoms with Crippen molar-refractivity contribution in [1.29, 1.82) is 0 Å². The minimum atomic E-state index is -0.0930. The fourth-order valence-electron chi connectivity index (χ4n) is 3.93. The summed E-state index contributed by atoms with van der Waals surface area (Å²) in [5.41, 5.74) is 0.606. The molecule has 6 heteroatoms.